The maximum atomic E-state index is 12.8. The molecule has 0 fully saturated rings. The van der Waals surface area contributed by atoms with Gasteiger partial charge in [0, 0.05) is 5.56 Å². The third kappa shape index (κ3) is 3.69. The predicted octanol–water partition coefficient (Wildman–Crippen LogP) is 2.95. The lowest BCUT2D eigenvalue weighted by molar-refractivity contribution is 0.0909. The average Bonchev–Trinajstić information content (AvgIpc) is 3.02. The molecule has 0 saturated heterocycles. The Labute approximate surface area is 146 Å². The number of rotatable bonds is 5. The van der Waals surface area contributed by atoms with E-state index in [9.17, 15) is 4.79 Å². The fourth-order valence-corrected chi connectivity index (χ4v) is 2.67. The zero-order valence-corrected chi connectivity index (χ0v) is 14.9. The van der Waals surface area contributed by atoms with Crippen LogP contribution >= 0.6 is 0 Å². The van der Waals surface area contributed by atoms with E-state index >= 15 is 0 Å². The minimum absolute atomic E-state index is 0.166. The summed E-state index contributed by atoms with van der Waals surface area (Å²) in [5, 5.41) is 8.98. The van der Waals surface area contributed by atoms with E-state index in [1.54, 1.807) is 0 Å². The van der Waals surface area contributed by atoms with Gasteiger partial charge in [-0.15, -0.1) is 0 Å². The molecule has 0 aliphatic carbocycles. The molecular formula is C19H22N4O2. The smallest absolute Gasteiger partial charge is 0.252 e. The third-order valence-corrected chi connectivity index (χ3v) is 3.94. The van der Waals surface area contributed by atoms with Gasteiger partial charge in [0.1, 0.15) is 0 Å². The summed E-state index contributed by atoms with van der Waals surface area (Å²) in [7, 11) is 3.86. The molecule has 3 rings (SSSR count). The van der Waals surface area contributed by atoms with E-state index in [0.717, 1.165) is 10.8 Å². The van der Waals surface area contributed by atoms with Crippen LogP contribution in [0, 0.1) is 0 Å². The highest BCUT2D eigenvalue weighted by Crippen LogP contribution is 2.22. The van der Waals surface area contributed by atoms with Crippen LogP contribution in [-0.4, -0.2) is 35.0 Å². The number of carbonyl (C=O) groups excluding carboxylic acids is 1. The monoisotopic (exact) mass is 338 g/mol. The van der Waals surface area contributed by atoms with Gasteiger partial charge in [0.2, 0.25) is 5.89 Å². The lowest BCUT2D eigenvalue weighted by Gasteiger charge is -2.22. The average molecular weight is 338 g/mol. The van der Waals surface area contributed by atoms with Crippen molar-refractivity contribution >= 4 is 16.7 Å². The minimum atomic E-state index is -0.748. The van der Waals surface area contributed by atoms with Crippen LogP contribution in [0.25, 0.3) is 10.8 Å². The lowest BCUT2D eigenvalue weighted by Crippen LogP contribution is -2.42. The summed E-state index contributed by atoms with van der Waals surface area (Å²) in [4.78, 5) is 19.2. The van der Waals surface area contributed by atoms with Crippen molar-refractivity contribution in [3.8, 4) is 0 Å². The summed E-state index contributed by atoms with van der Waals surface area (Å²) in [6, 6.07) is 13.5. The van der Waals surface area contributed by atoms with Gasteiger partial charge < -0.3 is 14.7 Å². The van der Waals surface area contributed by atoms with Crippen molar-refractivity contribution in [3.05, 3.63) is 59.7 Å². The van der Waals surface area contributed by atoms with Crippen molar-refractivity contribution in [1.82, 2.24) is 20.4 Å². The van der Waals surface area contributed by atoms with Crippen LogP contribution in [0.4, 0.5) is 0 Å². The fourth-order valence-electron chi connectivity index (χ4n) is 2.67. The zero-order chi connectivity index (χ0) is 18.0. The van der Waals surface area contributed by atoms with E-state index < -0.39 is 5.54 Å². The summed E-state index contributed by atoms with van der Waals surface area (Å²) in [5.41, 5.74) is -0.120. The molecule has 0 radical (unpaired) electrons. The second-order valence-corrected chi connectivity index (χ2v) is 6.86. The van der Waals surface area contributed by atoms with Gasteiger partial charge in [-0.25, -0.2) is 0 Å². The fraction of sp³-hybridized carbons (Fsp3) is 0.316. The van der Waals surface area contributed by atoms with Crippen LogP contribution in [0.2, 0.25) is 0 Å². The Bertz CT molecular complexity index is 894. The van der Waals surface area contributed by atoms with E-state index in [1.807, 2.05) is 75.3 Å². The van der Waals surface area contributed by atoms with Crippen molar-refractivity contribution in [2.45, 2.75) is 25.9 Å². The highest BCUT2D eigenvalue weighted by molar-refractivity contribution is 6.07. The van der Waals surface area contributed by atoms with E-state index in [2.05, 4.69) is 15.5 Å². The minimum Gasteiger partial charge on any atom is -0.340 e. The number of aromatic nitrogens is 2. The molecule has 3 aromatic rings. The lowest BCUT2D eigenvalue weighted by atomic mass is 10.0. The summed E-state index contributed by atoms with van der Waals surface area (Å²) in [6.07, 6.45) is 0. The summed E-state index contributed by atoms with van der Waals surface area (Å²) >= 11 is 0. The van der Waals surface area contributed by atoms with Gasteiger partial charge >= 0.3 is 0 Å². The van der Waals surface area contributed by atoms with E-state index in [1.165, 1.54) is 0 Å². The molecule has 1 heterocycles. The Morgan fingerprint density at radius 1 is 1.16 bits per heavy atom. The van der Waals surface area contributed by atoms with Crippen molar-refractivity contribution in [2.75, 3.05) is 14.1 Å². The summed E-state index contributed by atoms with van der Waals surface area (Å²) in [5.74, 6) is 0.811. The topological polar surface area (TPSA) is 71.3 Å². The summed E-state index contributed by atoms with van der Waals surface area (Å²) in [6.45, 7) is 4.28. The molecule has 0 saturated carbocycles. The van der Waals surface area contributed by atoms with Crippen molar-refractivity contribution < 1.29 is 9.32 Å². The van der Waals surface area contributed by atoms with Crippen molar-refractivity contribution in [3.63, 3.8) is 0 Å². The molecule has 0 unspecified atom stereocenters. The van der Waals surface area contributed by atoms with Gasteiger partial charge in [0.25, 0.3) is 5.91 Å². The first-order valence-corrected chi connectivity index (χ1v) is 8.15. The molecule has 0 bridgehead atoms. The maximum absolute atomic E-state index is 12.8. The van der Waals surface area contributed by atoms with Crippen LogP contribution in [-0.2, 0) is 12.1 Å². The van der Waals surface area contributed by atoms with E-state index in [4.69, 9.17) is 4.52 Å². The SMILES string of the molecule is CN(C)Cc1nc(C(C)(C)NC(=O)c2cccc3ccccc23)no1. The van der Waals surface area contributed by atoms with Gasteiger partial charge in [-0.1, -0.05) is 41.6 Å². The second-order valence-electron chi connectivity index (χ2n) is 6.86. The van der Waals surface area contributed by atoms with Crippen molar-refractivity contribution in [2.24, 2.45) is 0 Å². The van der Waals surface area contributed by atoms with Crippen LogP contribution in [0.1, 0.15) is 35.9 Å². The highest BCUT2D eigenvalue weighted by Gasteiger charge is 2.29. The van der Waals surface area contributed by atoms with Crippen LogP contribution in [0.15, 0.2) is 47.0 Å². The number of nitrogens with one attached hydrogen (secondary N) is 1. The van der Waals surface area contributed by atoms with E-state index in [0.29, 0.717) is 23.8 Å². The quantitative estimate of drug-likeness (QED) is 0.774. The molecule has 2 aromatic carbocycles. The Hall–Kier alpha value is -2.73. The molecule has 6 heteroatoms. The molecule has 130 valence electrons. The van der Waals surface area contributed by atoms with Gasteiger partial charge in [0.15, 0.2) is 5.82 Å². The Morgan fingerprint density at radius 2 is 1.88 bits per heavy atom. The number of carbonyl (C=O) groups is 1. The molecule has 1 aromatic heterocycles. The Morgan fingerprint density at radius 3 is 2.64 bits per heavy atom. The van der Waals surface area contributed by atoms with E-state index in [-0.39, 0.29) is 5.91 Å². The molecule has 25 heavy (non-hydrogen) atoms. The second kappa shape index (κ2) is 6.64. The van der Waals surface area contributed by atoms with Crippen LogP contribution in [0.3, 0.4) is 0 Å². The number of hydrogen-bond donors (Lipinski definition) is 1. The first-order valence-electron chi connectivity index (χ1n) is 8.15. The molecule has 0 aliphatic heterocycles. The van der Waals surface area contributed by atoms with Gasteiger partial charge in [0.05, 0.1) is 12.1 Å². The van der Waals surface area contributed by atoms with Crippen LogP contribution < -0.4 is 5.32 Å². The van der Waals surface area contributed by atoms with Crippen LogP contribution in [0.5, 0.6) is 0 Å². The van der Waals surface area contributed by atoms with Gasteiger partial charge in [-0.3, -0.25) is 4.79 Å². The maximum Gasteiger partial charge on any atom is 0.252 e. The number of nitrogens with zero attached hydrogens (tertiary/aromatic N) is 3. The molecule has 1 N–H and O–H groups in total. The first-order chi connectivity index (χ1) is 11.9. The third-order valence-electron chi connectivity index (χ3n) is 3.94. The number of benzene rings is 2. The highest BCUT2D eigenvalue weighted by atomic mass is 16.5. The Balaban J connectivity index is 1.84. The van der Waals surface area contributed by atoms with Gasteiger partial charge in [-0.05, 0) is 44.8 Å². The molecular weight excluding hydrogens is 316 g/mol. The summed E-state index contributed by atoms with van der Waals surface area (Å²) < 4.78 is 5.27. The van der Waals surface area contributed by atoms with Gasteiger partial charge in [-0.2, -0.15) is 4.98 Å². The first kappa shape index (κ1) is 17.1. The zero-order valence-electron chi connectivity index (χ0n) is 14.9. The molecule has 0 aliphatic rings. The number of amides is 1. The molecule has 0 atom stereocenters. The predicted molar refractivity (Wildman–Crippen MR) is 96.1 cm³/mol. The molecule has 0 spiro atoms. The molecule has 6 nitrogen and oxygen atoms in total. The standard InChI is InChI=1S/C19H22N4O2/c1-19(2,18-20-16(25-22-18)12-23(3)4)21-17(24)15-11-7-9-13-8-5-6-10-14(13)15/h5-11H,12H2,1-4H3,(H,21,24). The number of hydrogen-bond acceptors (Lipinski definition) is 5. The normalized spacial score (nSPS) is 11.9. The molecule has 1 amide bonds. The van der Waals surface area contributed by atoms with Crippen molar-refractivity contribution in [1.29, 1.82) is 0 Å². The Kier molecular flexibility index (Phi) is 4.55. The number of fused-ring (bicyclic) bond motifs is 1. The largest absolute Gasteiger partial charge is 0.340 e.